The van der Waals surface area contributed by atoms with E-state index in [-0.39, 0.29) is 17.9 Å². The molecule has 4 heteroatoms. The summed E-state index contributed by atoms with van der Waals surface area (Å²) in [5.41, 5.74) is 5.77. The first kappa shape index (κ1) is 19.6. The predicted octanol–water partition coefficient (Wildman–Crippen LogP) is 4.97. The van der Waals surface area contributed by atoms with Crippen LogP contribution in [-0.2, 0) is 10.2 Å². The number of nitrogens with zero attached hydrogens (tertiary/aromatic N) is 1. The highest BCUT2D eigenvalue weighted by molar-refractivity contribution is 5.90. The maximum atomic E-state index is 12.0. The highest BCUT2D eigenvalue weighted by Gasteiger charge is 2.15. The molecule has 144 valence electrons. The van der Waals surface area contributed by atoms with Crippen LogP contribution in [-0.4, -0.2) is 18.7 Å². The van der Waals surface area contributed by atoms with E-state index in [0.29, 0.717) is 5.75 Å². The van der Waals surface area contributed by atoms with Gasteiger partial charge in [0.1, 0.15) is 5.75 Å². The number of ether oxygens (including phenoxy) is 1. The number of carbonyl (C=O) groups excluding carboxylic acids is 1. The Hall–Kier alpha value is -3.14. The van der Waals surface area contributed by atoms with Crippen LogP contribution in [0.1, 0.15) is 37.5 Å². The van der Waals surface area contributed by atoms with Gasteiger partial charge in [-0.2, -0.15) is 5.10 Å². The number of benzene rings is 3. The molecule has 0 aliphatic heterocycles. The van der Waals surface area contributed by atoms with Crippen molar-refractivity contribution in [3.05, 3.63) is 77.4 Å². The summed E-state index contributed by atoms with van der Waals surface area (Å²) in [6.45, 7) is 8.42. The number of amides is 1. The van der Waals surface area contributed by atoms with Gasteiger partial charge in [0.2, 0.25) is 0 Å². The summed E-state index contributed by atoms with van der Waals surface area (Å²) in [5.74, 6) is 0.415. The first-order valence-electron chi connectivity index (χ1n) is 9.37. The second-order valence-electron chi connectivity index (χ2n) is 7.92. The first-order chi connectivity index (χ1) is 13.3. The second-order valence-corrected chi connectivity index (χ2v) is 7.92. The molecule has 0 fully saturated rings. The molecule has 0 unspecified atom stereocenters. The third-order valence-corrected chi connectivity index (χ3v) is 4.58. The summed E-state index contributed by atoms with van der Waals surface area (Å²) >= 11 is 0. The standard InChI is InChI=1S/C24H26N2O2/c1-17-13-21(24(2,3)4)11-12-22(17)28-16-23(27)26-25-15-18-9-10-19-7-5-6-8-20(19)14-18/h5-15H,16H2,1-4H3,(H,26,27). The average molecular weight is 374 g/mol. The molecule has 0 heterocycles. The van der Waals surface area contributed by atoms with E-state index < -0.39 is 0 Å². The molecule has 0 aliphatic carbocycles. The van der Waals surface area contributed by atoms with Crippen LogP contribution in [0.2, 0.25) is 0 Å². The largest absolute Gasteiger partial charge is 0.483 e. The molecule has 0 aromatic heterocycles. The Bertz CT molecular complexity index is 1020. The lowest BCUT2D eigenvalue weighted by molar-refractivity contribution is -0.123. The van der Waals surface area contributed by atoms with Gasteiger partial charge in [0.05, 0.1) is 6.21 Å². The molecule has 3 aromatic rings. The number of hydrogen-bond donors (Lipinski definition) is 1. The SMILES string of the molecule is Cc1cc(C(C)(C)C)ccc1OCC(=O)NN=Cc1ccc2ccccc2c1. The van der Waals surface area contributed by atoms with Crippen molar-refractivity contribution in [2.45, 2.75) is 33.1 Å². The minimum Gasteiger partial charge on any atom is -0.483 e. The van der Waals surface area contributed by atoms with Gasteiger partial charge >= 0.3 is 0 Å². The second kappa shape index (κ2) is 8.26. The molecule has 0 bridgehead atoms. The molecular formula is C24H26N2O2. The van der Waals surface area contributed by atoms with Crippen molar-refractivity contribution in [3.63, 3.8) is 0 Å². The Balaban J connectivity index is 1.54. The number of hydrogen-bond acceptors (Lipinski definition) is 3. The van der Waals surface area contributed by atoms with E-state index >= 15 is 0 Å². The lowest BCUT2D eigenvalue weighted by Crippen LogP contribution is -2.24. The van der Waals surface area contributed by atoms with E-state index in [1.165, 1.54) is 10.9 Å². The Morgan fingerprint density at radius 3 is 2.50 bits per heavy atom. The summed E-state index contributed by atoms with van der Waals surface area (Å²) in [4.78, 5) is 12.0. The van der Waals surface area contributed by atoms with Gasteiger partial charge in [-0.15, -0.1) is 0 Å². The Morgan fingerprint density at radius 2 is 1.79 bits per heavy atom. The number of aryl methyl sites for hydroxylation is 1. The van der Waals surface area contributed by atoms with Crippen molar-refractivity contribution in [1.29, 1.82) is 0 Å². The molecule has 4 nitrogen and oxygen atoms in total. The molecule has 28 heavy (non-hydrogen) atoms. The van der Waals surface area contributed by atoms with E-state index in [1.807, 2.05) is 55.5 Å². The van der Waals surface area contributed by atoms with Gasteiger partial charge < -0.3 is 4.74 Å². The van der Waals surface area contributed by atoms with Crippen LogP contribution in [0.15, 0.2) is 65.8 Å². The third-order valence-electron chi connectivity index (χ3n) is 4.58. The van der Waals surface area contributed by atoms with Crippen LogP contribution < -0.4 is 10.2 Å². The molecule has 1 amide bonds. The number of carbonyl (C=O) groups is 1. The maximum absolute atomic E-state index is 12.0. The molecule has 0 radical (unpaired) electrons. The summed E-state index contributed by atoms with van der Waals surface area (Å²) in [6, 6.07) is 20.2. The molecular weight excluding hydrogens is 348 g/mol. The lowest BCUT2D eigenvalue weighted by atomic mass is 9.86. The Labute approximate surface area is 166 Å². The zero-order valence-corrected chi connectivity index (χ0v) is 16.8. The predicted molar refractivity (Wildman–Crippen MR) is 115 cm³/mol. The molecule has 3 aromatic carbocycles. The smallest absolute Gasteiger partial charge is 0.277 e. The quantitative estimate of drug-likeness (QED) is 0.506. The van der Waals surface area contributed by atoms with Gasteiger partial charge in [-0.05, 0) is 51.9 Å². The normalized spacial score (nSPS) is 11.7. The number of rotatable bonds is 5. The minimum absolute atomic E-state index is 0.0786. The Morgan fingerprint density at radius 1 is 1.04 bits per heavy atom. The maximum Gasteiger partial charge on any atom is 0.277 e. The number of fused-ring (bicyclic) bond motifs is 1. The van der Waals surface area contributed by atoms with Crippen molar-refractivity contribution in [2.75, 3.05) is 6.61 Å². The molecule has 0 atom stereocenters. The molecule has 1 N–H and O–H groups in total. The molecule has 0 saturated carbocycles. The first-order valence-corrected chi connectivity index (χ1v) is 9.37. The van der Waals surface area contributed by atoms with Gasteiger partial charge in [-0.1, -0.05) is 69.3 Å². The van der Waals surface area contributed by atoms with Crippen LogP contribution in [0.5, 0.6) is 5.75 Å². The topological polar surface area (TPSA) is 50.7 Å². The summed E-state index contributed by atoms with van der Waals surface area (Å²) in [6.07, 6.45) is 1.63. The van der Waals surface area contributed by atoms with E-state index in [1.54, 1.807) is 6.21 Å². The van der Waals surface area contributed by atoms with Gasteiger partial charge in [-0.25, -0.2) is 5.43 Å². The zero-order chi connectivity index (χ0) is 20.1. The van der Waals surface area contributed by atoms with Crippen molar-refractivity contribution in [2.24, 2.45) is 5.10 Å². The van der Waals surface area contributed by atoms with Gasteiger partial charge in [0.25, 0.3) is 5.91 Å². The van der Waals surface area contributed by atoms with Crippen molar-refractivity contribution < 1.29 is 9.53 Å². The average Bonchev–Trinajstić information content (AvgIpc) is 2.66. The van der Waals surface area contributed by atoms with Gasteiger partial charge in [0, 0.05) is 0 Å². The van der Waals surface area contributed by atoms with Crippen molar-refractivity contribution >= 4 is 22.9 Å². The van der Waals surface area contributed by atoms with E-state index in [9.17, 15) is 4.79 Å². The highest BCUT2D eigenvalue weighted by Crippen LogP contribution is 2.27. The third kappa shape index (κ3) is 4.97. The fraction of sp³-hybridized carbons (Fsp3) is 0.250. The summed E-state index contributed by atoms with van der Waals surface area (Å²) in [7, 11) is 0. The summed E-state index contributed by atoms with van der Waals surface area (Å²) < 4.78 is 5.64. The van der Waals surface area contributed by atoms with Crippen molar-refractivity contribution in [3.8, 4) is 5.75 Å². The van der Waals surface area contributed by atoms with Crippen LogP contribution in [0.4, 0.5) is 0 Å². The van der Waals surface area contributed by atoms with E-state index in [2.05, 4.69) is 43.4 Å². The van der Waals surface area contributed by atoms with Crippen LogP contribution in [0.3, 0.4) is 0 Å². The van der Waals surface area contributed by atoms with Gasteiger partial charge in [-0.3, -0.25) is 4.79 Å². The number of nitrogens with one attached hydrogen (secondary N) is 1. The lowest BCUT2D eigenvalue weighted by Gasteiger charge is -2.20. The molecule has 0 aliphatic rings. The molecule has 3 rings (SSSR count). The van der Waals surface area contributed by atoms with Crippen LogP contribution in [0.25, 0.3) is 10.8 Å². The molecule has 0 spiro atoms. The summed E-state index contributed by atoms with van der Waals surface area (Å²) in [5, 5.41) is 6.33. The zero-order valence-electron chi connectivity index (χ0n) is 16.8. The monoisotopic (exact) mass is 374 g/mol. The number of hydrazone groups is 1. The van der Waals surface area contributed by atoms with Crippen molar-refractivity contribution in [1.82, 2.24) is 5.43 Å². The fourth-order valence-corrected chi connectivity index (χ4v) is 2.92. The minimum atomic E-state index is -0.295. The Kier molecular flexibility index (Phi) is 5.78. The van der Waals surface area contributed by atoms with E-state index in [4.69, 9.17) is 4.74 Å². The van der Waals surface area contributed by atoms with E-state index in [0.717, 1.165) is 16.5 Å². The fourth-order valence-electron chi connectivity index (χ4n) is 2.92. The van der Waals surface area contributed by atoms with Gasteiger partial charge in [0.15, 0.2) is 6.61 Å². The molecule has 0 saturated heterocycles. The van der Waals surface area contributed by atoms with Crippen LogP contribution in [0, 0.1) is 6.92 Å². The highest BCUT2D eigenvalue weighted by atomic mass is 16.5. The van der Waals surface area contributed by atoms with Crippen LogP contribution >= 0.6 is 0 Å².